The third kappa shape index (κ3) is 3.49. The maximum absolute atomic E-state index is 11.8. The average molecular weight is 256 g/mol. The summed E-state index contributed by atoms with van der Waals surface area (Å²) >= 11 is 4.09. The molecule has 0 aromatic carbocycles. The molecule has 0 aliphatic heterocycles. The molecule has 1 fully saturated rings. The maximum atomic E-state index is 11.8. The molecule has 0 spiro atoms. The fourth-order valence-electron chi connectivity index (χ4n) is 2.63. The third-order valence-electron chi connectivity index (χ3n) is 3.50. The second-order valence-corrected chi connectivity index (χ2v) is 5.19. The molecule has 2 aliphatic carbocycles. The summed E-state index contributed by atoms with van der Waals surface area (Å²) in [6, 6.07) is 0. The zero-order valence-corrected chi connectivity index (χ0v) is 10.9. The van der Waals surface area contributed by atoms with Gasteiger partial charge in [-0.2, -0.15) is 12.6 Å². The van der Waals surface area contributed by atoms with Gasteiger partial charge in [0, 0.05) is 6.61 Å². The summed E-state index contributed by atoms with van der Waals surface area (Å²) in [5.74, 6) is 1.93. The largest absolute Gasteiger partial charge is 0.463 e. The quantitative estimate of drug-likeness (QED) is 0.328. The van der Waals surface area contributed by atoms with E-state index in [1.165, 1.54) is 0 Å². The summed E-state index contributed by atoms with van der Waals surface area (Å²) in [5.41, 5.74) is 0. The number of carbonyl (C=O) groups excluding carboxylic acids is 1. The van der Waals surface area contributed by atoms with Crippen molar-refractivity contribution in [3.8, 4) is 0 Å². The molecule has 3 nitrogen and oxygen atoms in total. The number of carbonyl (C=O) groups is 1. The van der Waals surface area contributed by atoms with Crippen molar-refractivity contribution in [2.45, 2.75) is 19.3 Å². The number of esters is 1. The molecule has 2 bridgehead atoms. The van der Waals surface area contributed by atoms with Crippen LogP contribution in [0.2, 0.25) is 0 Å². The van der Waals surface area contributed by atoms with E-state index in [-0.39, 0.29) is 11.9 Å². The van der Waals surface area contributed by atoms with E-state index in [1.807, 2.05) is 0 Å². The number of thiol groups is 1. The molecule has 96 valence electrons. The van der Waals surface area contributed by atoms with Gasteiger partial charge in [-0.3, -0.25) is 4.79 Å². The average Bonchev–Trinajstić information content (AvgIpc) is 2.95. The van der Waals surface area contributed by atoms with Crippen molar-refractivity contribution in [3.05, 3.63) is 12.2 Å². The van der Waals surface area contributed by atoms with E-state index in [2.05, 4.69) is 24.8 Å². The van der Waals surface area contributed by atoms with Crippen LogP contribution in [-0.4, -0.2) is 31.5 Å². The van der Waals surface area contributed by atoms with Crippen LogP contribution in [0.3, 0.4) is 0 Å². The first-order valence-corrected chi connectivity index (χ1v) is 6.98. The molecule has 0 heterocycles. The van der Waals surface area contributed by atoms with Gasteiger partial charge in [-0.15, -0.1) is 0 Å². The SMILES string of the molecule is O=C(OCCOCCCS)C1CC2C=CC1C2. The van der Waals surface area contributed by atoms with E-state index < -0.39 is 0 Å². The molecule has 3 atom stereocenters. The highest BCUT2D eigenvalue weighted by Gasteiger charge is 2.40. The van der Waals surface area contributed by atoms with Gasteiger partial charge < -0.3 is 9.47 Å². The molecule has 4 heteroatoms. The molecule has 0 aromatic rings. The lowest BCUT2D eigenvalue weighted by Gasteiger charge is -2.16. The van der Waals surface area contributed by atoms with E-state index in [0.717, 1.165) is 25.0 Å². The van der Waals surface area contributed by atoms with Gasteiger partial charge >= 0.3 is 5.97 Å². The van der Waals surface area contributed by atoms with Crippen LogP contribution in [0.4, 0.5) is 0 Å². The summed E-state index contributed by atoms with van der Waals surface area (Å²) < 4.78 is 10.6. The molecule has 0 aromatic heterocycles. The van der Waals surface area contributed by atoms with Crippen LogP contribution in [0.1, 0.15) is 19.3 Å². The van der Waals surface area contributed by atoms with Gasteiger partial charge in [-0.25, -0.2) is 0 Å². The third-order valence-corrected chi connectivity index (χ3v) is 3.82. The minimum atomic E-state index is -0.0420. The van der Waals surface area contributed by atoms with Gasteiger partial charge in [0.1, 0.15) is 6.61 Å². The van der Waals surface area contributed by atoms with Gasteiger partial charge in [0.15, 0.2) is 0 Å². The second kappa shape index (κ2) is 6.45. The highest BCUT2D eigenvalue weighted by Crippen LogP contribution is 2.43. The van der Waals surface area contributed by atoms with E-state index >= 15 is 0 Å². The van der Waals surface area contributed by atoms with Crippen LogP contribution in [0.25, 0.3) is 0 Å². The molecule has 0 N–H and O–H groups in total. The van der Waals surface area contributed by atoms with Gasteiger partial charge in [-0.1, -0.05) is 12.2 Å². The van der Waals surface area contributed by atoms with Crippen molar-refractivity contribution < 1.29 is 14.3 Å². The van der Waals surface area contributed by atoms with E-state index in [0.29, 0.717) is 31.7 Å². The minimum Gasteiger partial charge on any atom is -0.463 e. The number of rotatable bonds is 7. The van der Waals surface area contributed by atoms with Gasteiger partial charge in [0.2, 0.25) is 0 Å². The highest BCUT2D eigenvalue weighted by molar-refractivity contribution is 7.80. The summed E-state index contributed by atoms with van der Waals surface area (Å²) in [5, 5.41) is 0. The van der Waals surface area contributed by atoms with Crippen molar-refractivity contribution in [1.29, 1.82) is 0 Å². The van der Waals surface area contributed by atoms with Crippen LogP contribution in [0.15, 0.2) is 12.2 Å². The monoisotopic (exact) mass is 256 g/mol. The predicted molar refractivity (Wildman–Crippen MR) is 69.1 cm³/mol. The Morgan fingerprint density at radius 1 is 1.24 bits per heavy atom. The molecule has 2 rings (SSSR count). The number of ether oxygens (including phenoxy) is 2. The fourth-order valence-corrected chi connectivity index (χ4v) is 2.76. The van der Waals surface area contributed by atoms with Crippen LogP contribution >= 0.6 is 12.6 Å². The van der Waals surface area contributed by atoms with Gasteiger partial charge in [-0.05, 0) is 36.9 Å². The smallest absolute Gasteiger partial charge is 0.309 e. The lowest BCUT2D eigenvalue weighted by Crippen LogP contribution is -2.23. The Morgan fingerprint density at radius 3 is 2.76 bits per heavy atom. The summed E-state index contributed by atoms with van der Waals surface area (Å²) in [6.07, 6.45) is 7.45. The van der Waals surface area contributed by atoms with Crippen LogP contribution < -0.4 is 0 Å². The van der Waals surface area contributed by atoms with Crippen molar-refractivity contribution in [3.63, 3.8) is 0 Å². The predicted octanol–water partition coefficient (Wildman–Crippen LogP) is 2.08. The van der Waals surface area contributed by atoms with Crippen LogP contribution in [0, 0.1) is 17.8 Å². The van der Waals surface area contributed by atoms with Gasteiger partial charge in [0.05, 0.1) is 12.5 Å². The zero-order valence-electron chi connectivity index (χ0n) is 10.0. The number of hydrogen-bond acceptors (Lipinski definition) is 4. The van der Waals surface area contributed by atoms with E-state index in [1.54, 1.807) is 0 Å². The second-order valence-electron chi connectivity index (χ2n) is 4.74. The fraction of sp³-hybridized carbons (Fsp3) is 0.769. The van der Waals surface area contributed by atoms with E-state index in [9.17, 15) is 4.79 Å². The first-order chi connectivity index (χ1) is 8.31. The van der Waals surface area contributed by atoms with Crippen molar-refractivity contribution in [1.82, 2.24) is 0 Å². The van der Waals surface area contributed by atoms with Crippen LogP contribution in [-0.2, 0) is 14.3 Å². The summed E-state index contributed by atoms with van der Waals surface area (Å²) in [4.78, 5) is 11.8. The Kier molecular flexibility index (Phi) is 4.92. The molecular formula is C13H20O3S. The Morgan fingerprint density at radius 2 is 2.12 bits per heavy atom. The molecule has 1 saturated carbocycles. The van der Waals surface area contributed by atoms with Crippen molar-refractivity contribution in [2.75, 3.05) is 25.6 Å². The summed E-state index contributed by atoms with van der Waals surface area (Å²) in [6.45, 7) is 1.57. The number of hydrogen-bond donors (Lipinski definition) is 1. The van der Waals surface area contributed by atoms with Crippen molar-refractivity contribution >= 4 is 18.6 Å². The molecular weight excluding hydrogens is 236 g/mol. The first-order valence-electron chi connectivity index (χ1n) is 6.35. The molecule has 3 unspecified atom stereocenters. The molecule has 0 amide bonds. The first kappa shape index (κ1) is 13.0. The minimum absolute atomic E-state index is 0.0420. The lowest BCUT2D eigenvalue weighted by atomic mass is 9.94. The van der Waals surface area contributed by atoms with Crippen LogP contribution in [0.5, 0.6) is 0 Å². The maximum Gasteiger partial charge on any atom is 0.309 e. The summed E-state index contributed by atoms with van der Waals surface area (Å²) in [7, 11) is 0. The molecule has 17 heavy (non-hydrogen) atoms. The standard InChI is InChI=1S/C13H20O3S/c14-13(16-6-5-15-4-1-7-17)12-9-10-2-3-11(12)8-10/h2-3,10-12,17H,1,4-9H2. The Hall–Kier alpha value is -0.480. The Bertz CT molecular complexity index is 290. The Balaban J connectivity index is 1.57. The molecule has 2 aliphatic rings. The Labute approximate surface area is 108 Å². The number of fused-ring (bicyclic) bond motifs is 2. The topological polar surface area (TPSA) is 35.5 Å². The number of allylic oxidation sites excluding steroid dienone is 2. The normalized spacial score (nSPS) is 29.8. The van der Waals surface area contributed by atoms with Gasteiger partial charge in [0.25, 0.3) is 0 Å². The zero-order chi connectivity index (χ0) is 12.1. The highest BCUT2D eigenvalue weighted by atomic mass is 32.1. The molecule has 0 radical (unpaired) electrons. The van der Waals surface area contributed by atoms with Crippen molar-refractivity contribution in [2.24, 2.45) is 17.8 Å². The lowest BCUT2D eigenvalue weighted by molar-refractivity contribution is -0.151. The molecule has 0 saturated heterocycles. The van der Waals surface area contributed by atoms with E-state index in [4.69, 9.17) is 9.47 Å².